The van der Waals surface area contributed by atoms with Gasteiger partial charge in [0, 0.05) is 17.2 Å². The lowest BCUT2D eigenvalue weighted by Crippen LogP contribution is -1.97. The number of benzene rings is 1. The van der Waals surface area contributed by atoms with Crippen molar-refractivity contribution in [2.24, 2.45) is 0 Å². The summed E-state index contributed by atoms with van der Waals surface area (Å²) in [6, 6.07) is 4.81. The standard InChI is InChI=1S/C11H5Cl3F2S/c12-9-4-7(11(14)17-9)10(13)6-2-1-5(15)3-8(6)16/h1-4,10H. The van der Waals surface area contributed by atoms with Crippen LogP contribution in [-0.4, -0.2) is 0 Å². The maximum atomic E-state index is 13.5. The molecule has 0 spiro atoms. The molecule has 0 aliphatic rings. The smallest absolute Gasteiger partial charge is 0.131 e. The fourth-order valence-corrected chi connectivity index (χ4v) is 3.40. The highest BCUT2D eigenvalue weighted by atomic mass is 35.5. The molecule has 90 valence electrons. The average molecular weight is 314 g/mol. The molecule has 0 bridgehead atoms. The Morgan fingerprint density at radius 3 is 2.29 bits per heavy atom. The molecule has 0 N–H and O–H groups in total. The van der Waals surface area contributed by atoms with Gasteiger partial charge in [-0.15, -0.1) is 22.9 Å². The Labute approximate surface area is 116 Å². The van der Waals surface area contributed by atoms with E-state index in [1.54, 1.807) is 6.07 Å². The fraction of sp³-hybridized carbons (Fsp3) is 0.0909. The zero-order valence-corrected chi connectivity index (χ0v) is 11.3. The minimum atomic E-state index is -0.785. The van der Waals surface area contributed by atoms with Gasteiger partial charge in [0.25, 0.3) is 0 Å². The van der Waals surface area contributed by atoms with Crippen LogP contribution in [0.5, 0.6) is 0 Å². The van der Waals surface area contributed by atoms with Gasteiger partial charge in [0.2, 0.25) is 0 Å². The van der Waals surface area contributed by atoms with Crippen molar-refractivity contribution in [1.82, 2.24) is 0 Å². The zero-order chi connectivity index (χ0) is 12.6. The number of hydrogen-bond donors (Lipinski definition) is 0. The van der Waals surface area contributed by atoms with Gasteiger partial charge < -0.3 is 0 Å². The first-order chi connectivity index (χ1) is 7.99. The van der Waals surface area contributed by atoms with E-state index >= 15 is 0 Å². The Bertz CT molecular complexity index is 554. The van der Waals surface area contributed by atoms with Crippen LogP contribution in [0.2, 0.25) is 8.67 Å². The van der Waals surface area contributed by atoms with Crippen LogP contribution >= 0.6 is 46.1 Å². The summed E-state index contributed by atoms with van der Waals surface area (Å²) in [4.78, 5) is 0. The third-order valence-corrected chi connectivity index (χ3v) is 4.18. The van der Waals surface area contributed by atoms with Crippen molar-refractivity contribution in [3.63, 3.8) is 0 Å². The van der Waals surface area contributed by atoms with Crippen LogP contribution in [0.15, 0.2) is 24.3 Å². The van der Waals surface area contributed by atoms with Crippen LogP contribution in [0.4, 0.5) is 8.78 Å². The molecule has 2 rings (SSSR count). The molecule has 0 nitrogen and oxygen atoms in total. The highest BCUT2D eigenvalue weighted by Crippen LogP contribution is 2.41. The first-order valence-electron chi connectivity index (χ1n) is 4.53. The Morgan fingerprint density at radius 2 is 1.76 bits per heavy atom. The number of halogens is 5. The number of alkyl halides is 1. The van der Waals surface area contributed by atoms with Crippen molar-refractivity contribution >= 4 is 46.1 Å². The third-order valence-electron chi connectivity index (χ3n) is 2.19. The summed E-state index contributed by atoms with van der Waals surface area (Å²) in [6.07, 6.45) is 0. The van der Waals surface area contributed by atoms with Crippen molar-refractivity contribution in [2.75, 3.05) is 0 Å². The normalized spacial score (nSPS) is 12.8. The molecule has 0 radical (unpaired) electrons. The molecule has 1 heterocycles. The van der Waals surface area contributed by atoms with Gasteiger partial charge in [0.1, 0.15) is 11.6 Å². The topological polar surface area (TPSA) is 0 Å². The molecule has 0 saturated heterocycles. The van der Waals surface area contributed by atoms with Gasteiger partial charge in [-0.25, -0.2) is 8.78 Å². The van der Waals surface area contributed by atoms with Crippen molar-refractivity contribution in [1.29, 1.82) is 0 Å². The van der Waals surface area contributed by atoms with Crippen molar-refractivity contribution in [3.05, 3.63) is 55.7 Å². The van der Waals surface area contributed by atoms with Crippen molar-refractivity contribution in [3.8, 4) is 0 Å². The van der Waals surface area contributed by atoms with Crippen LogP contribution in [0.25, 0.3) is 0 Å². The Balaban J connectivity index is 2.43. The molecule has 2 aromatic rings. The Hall–Kier alpha value is -0.350. The summed E-state index contributed by atoms with van der Waals surface area (Å²) in [5.74, 6) is -1.35. The summed E-state index contributed by atoms with van der Waals surface area (Å²) < 4.78 is 27.2. The Morgan fingerprint density at radius 1 is 1.06 bits per heavy atom. The highest BCUT2D eigenvalue weighted by Gasteiger charge is 2.20. The molecule has 1 unspecified atom stereocenters. The van der Waals surface area contributed by atoms with Gasteiger partial charge in [-0.05, 0) is 12.1 Å². The molecule has 0 aliphatic heterocycles. The molecule has 6 heteroatoms. The van der Waals surface area contributed by atoms with E-state index in [4.69, 9.17) is 34.8 Å². The van der Waals surface area contributed by atoms with Crippen LogP contribution in [-0.2, 0) is 0 Å². The quantitative estimate of drug-likeness (QED) is 0.627. The largest absolute Gasteiger partial charge is 0.207 e. The van der Waals surface area contributed by atoms with Crippen molar-refractivity contribution in [2.45, 2.75) is 5.38 Å². The van der Waals surface area contributed by atoms with Gasteiger partial charge >= 0.3 is 0 Å². The van der Waals surface area contributed by atoms with Gasteiger partial charge in [0.15, 0.2) is 0 Å². The summed E-state index contributed by atoms with van der Waals surface area (Å²) >= 11 is 19.0. The molecule has 0 aliphatic carbocycles. The van der Waals surface area contributed by atoms with Crippen molar-refractivity contribution < 1.29 is 8.78 Å². The van der Waals surface area contributed by atoms with Gasteiger partial charge in [-0.2, -0.15) is 0 Å². The predicted molar refractivity (Wildman–Crippen MR) is 68.4 cm³/mol. The van der Waals surface area contributed by atoms with E-state index in [1.165, 1.54) is 6.07 Å². The van der Waals surface area contributed by atoms with Gasteiger partial charge in [-0.3, -0.25) is 0 Å². The van der Waals surface area contributed by atoms with E-state index < -0.39 is 17.0 Å². The van der Waals surface area contributed by atoms with E-state index in [0.717, 1.165) is 23.5 Å². The SMILES string of the molecule is Fc1ccc(C(Cl)c2cc(Cl)sc2Cl)c(F)c1. The molecule has 0 amide bonds. The lowest BCUT2D eigenvalue weighted by Gasteiger charge is -2.10. The maximum absolute atomic E-state index is 13.5. The molecule has 17 heavy (non-hydrogen) atoms. The second-order valence-corrected chi connectivity index (χ2v) is 6.03. The lowest BCUT2D eigenvalue weighted by atomic mass is 10.1. The monoisotopic (exact) mass is 312 g/mol. The molecular weight excluding hydrogens is 309 g/mol. The molecule has 0 saturated carbocycles. The summed E-state index contributed by atoms with van der Waals surface area (Å²) in [6.45, 7) is 0. The maximum Gasteiger partial charge on any atom is 0.131 e. The predicted octanol–water partition coefficient (Wildman–Crippen LogP) is 5.66. The molecule has 0 fully saturated rings. The summed E-state index contributed by atoms with van der Waals surface area (Å²) in [7, 11) is 0. The summed E-state index contributed by atoms with van der Waals surface area (Å²) in [5.41, 5.74) is 0.693. The van der Waals surface area contributed by atoms with E-state index in [1.807, 2.05) is 0 Å². The van der Waals surface area contributed by atoms with E-state index in [2.05, 4.69) is 0 Å². The zero-order valence-electron chi connectivity index (χ0n) is 8.18. The fourth-order valence-electron chi connectivity index (χ4n) is 1.40. The Kier molecular flexibility index (Phi) is 3.93. The first-order valence-corrected chi connectivity index (χ1v) is 6.53. The molecule has 1 aromatic carbocycles. The second-order valence-electron chi connectivity index (χ2n) is 3.31. The van der Waals surface area contributed by atoms with Gasteiger partial charge in [-0.1, -0.05) is 29.3 Å². The van der Waals surface area contributed by atoms with Crippen LogP contribution in [0.1, 0.15) is 16.5 Å². The minimum absolute atomic E-state index is 0.171. The van der Waals surface area contributed by atoms with Crippen LogP contribution in [0.3, 0.4) is 0 Å². The van der Waals surface area contributed by atoms with E-state index in [0.29, 0.717) is 14.2 Å². The van der Waals surface area contributed by atoms with E-state index in [-0.39, 0.29) is 5.56 Å². The second kappa shape index (κ2) is 5.11. The minimum Gasteiger partial charge on any atom is -0.207 e. The number of rotatable bonds is 2. The number of thiophene rings is 1. The summed E-state index contributed by atoms with van der Waals surface area (Å²) in [5, 5.41) is -0.785. The van der Waals surface area contributed by atoms with E-state index in [9.17, 15) is 8.78 Å². The molecular formula is C11H5Cl3F2S. The lowest BCUT2D eigenvalue weighted by molar-refractivity contribution is 0.573. The van der Waals surface area contributed by atoms with Gasteiger partial charge in [0.05, 0.1) is 14.0 Å². The van der Waals surface area contributed by atoms with Crippen LogP contribution < -0.4 is 0 Å². The average Bonchev–Trinajstić information content (AvgIpc) is 2.57. The number of hydrogen-bond acceptors (Lipinski definition) is 1. The highest BCUT2D eigenvalue weighted by molar-refractivity contribution is 7.20. The third kappa shape index (κ3) is 2.74. The molecule has 1 atom stereocenters. The first kappa shape index (κ1) is 13.1. The van der Waals surface area contributed by atoms with Crippen LogP contribution in [0, 0.1) is 11.6 Å². The molecule has 1 aromatic heterocycles.